The number of nitrogens with one attached hydrogen (secondary N) is 2. The number of amides is 1. The minimum Gasteiger partial charge on any atom is -0.491 e. The Hall–Kier alpha value is -6.28. The molecule has 0 unspecified atom stereocenters. The third-order valence-electron chi connectivity index (χ3n) is 10.8. The van der Waals surface area contributed by atoms with Gasteiger partial charge in [0, 0.05) is 96.3 Å². The Morgan fingerprint density at radius 2 is 1.31 bits per heavy atom. The summed E-state index contributed by atoms with van der Waals surface area (Å²) >= 11 is 24.4. The highest BCUT2D eigenvalue weighted by Gasteiger charge is 2.45. The first-order chi connectivity index (χ1) is 33.7. The fourth-order valence-electron chi connectivity index (χ4n) is 7.30. The molecule has 0 spiro atoms. The van der Waals surface area contributed by atoms with Crippen LogP contribution in [0.1, 0.15) is 38.2 Å². The summed E-state index contributed by atoms with van der Waals surface area (Å²) in [6, 6.07) is 27.4. The lowest BCUT2D eigenvalue weighted by molar-refractivity contribution is -0.189. The number of anilines is 3. The number of carbonyl (C=O) groups is 1. The van der Waals surface area contributed by atoms with Crippen molar-refractivity contribution in [3.05, 3.63) is 135 Å². The number of halogens is 4. The molecule has 18 nitrogen and oxygen atoms in total. The van der Waals surface area contributed by atoms with Gasteiger partial charge in [-0.25, -0.2) is 4.98 Å². The van der Waals surface area contributed by atoms with E-state index in [0.717, 1.165) is 74.7 Å². The number of ether oxygens (including phenoxy) is 3. The van der Waals surface area contributed by atoms with E-state index >= 15 is 0 Å². The van der Waals surface area contributed by atoms with Crippen LogP contribution in [0, 0.1) is 0 Å². The quantitative estimate of drug-likeness (QED) is 0.0319. The number of rotatable bonds is 16. The van der Waals surface area contributed by atoms with Crippen LogP contribution in [0.3, 0.4) is 0 Å². The number of aromatic nitrogens is 2. The summed E-state index contributed by atoms with van der Waals surface area (Å²) in [4.78, 5) is 36.3. The minimum atomic E-state index is -1.08. The van der Waals surface area contributed by atoms with Gasteiger partial charge in [-0.1, -0.05) is 65.3 Å². The van der Waals surface area contributed by atoms with Gasteiger partial charge in [-0.05, 0) is 97.8 Å². The van der Waals surface area contributed by atoms with E-state index in [1.54, 1.807) is 80.1 Å². The molecule has 0 aliphatic carbocycles. The molecule has 0 radical (unpaired) electrons. The highest BCUT2D eigenvalue weighted by atomic mass is 35.5. The van der Waals surface area contributed by atoms with E-state index in [9.17, 15) is 4.79 Å². The zero-order chi connectivity index (χ0) is 49.9. The first kappa shape index (κ1) is 53.1. The summed E-state index contributed by atoms with van der Waals surface area (Å²) < 4.78 is 20.6. The monoisotopic (exact) mass is 1030 g/mol. The summed E-state index contributed by atoms with van der Waals surface area (Å²) in [5.74, 6) is 0.363. The predicted molar refractivity (Wildman–Crippen MR) is 282 cm³/mol. The number of carbonyl (C=O) groups excluding carboxylic acids is 1. The van der Waals surface area contributed by atoms with Crippen molar-refractivity contribution in [1.82, 2.24) is 14.5 Å². The number of hydrogen-bond acceptors (Lipinski definition) is 8. The van der Waals surface area contributed by atoms with Crippen molar-refractivity contribution < 1.29 is 19.0 Å². The molecule has 7 rings (SSSR count). The number of hydrogen-bond donors (Lipinski definition) is 6. The maximum Gasteiger partial charge on any atom is 0.219 e. The number of benzene rings is 4. The Morgan fingerprint density at radius 3 is 1.83 bits per heavy atom. The van der Waals surface area contributed by atoms with Gasteiger partial charge in [-0.3, -0.25) is 14.8 Å². The standard InChI is InChI=1S/C26H28Cl2N4O4.C22H30Cl2N10/c1-19(33)31-10-12-32(13-11-31)21-3-5-22(6-4-21)34-15-23-16-35-26(36-23,17-30-9-8-29-18-30)24-7-2-20(27)14-25(24)28;23-15-5-9-17(10-6-15)31-21(27)33-19(25)29-13-3-1-2-4-14-30-20(26)34-22(28)32-18-11-7-16(24)8-12-18/h2-9,14,18,23H,10-13,15-17H2,1H3;5-12H,1-4,13-14H2,(H5,25,27,29,31,33)(H5,26,28,30,32,34)/t23-,26-;/m0./s1. The van der Waals surface area contributed by atoms with E-state index in [-0.39, 0.29) is 35.8 Å². The van der Waals surface area contributed by atoms with Crippen molar-refractivity contribution in [2.24, 2.45) is 42.9 Å². The van der Waals surface area contributed by atoms with Crippen molar-refractivity contribution in [2.75, 3.05) is 68.0 Å². The molecule has 2 aliphatic heterocycles. The van der Waals surface area contributed by atoms with Crippen LogP contribution in [0.25, 0.3) is 0 Å². The summed E-state index contributed by atoms with van der Waals surface area (Å²) in [5, 5.41) is 8.13. The number of imidazole rings is 1. The van der Waals surface area contributed by atoms with Gasteiger partial charge in [0.25, 0.3) is 0 Å². The van der Waals surface area contributed by atoms with Crippen LogP contribution < -0.4 is 43.2 Å². The average molecular weight is 1040 g/mol. The Labute approximate surface area is 427 Å². The van der Waals surface area contributed by atoms with Gasteiger partial charge in [0.1, 0.15) is 18.5 Å². The molecule has 1 aromatic heterocycles. The van der Waals surface area contributed by atoms with E-state index < -0.39 is 5.79 Å². The smallest absolute Gasteiger partial charge is 0.219 e. The second-order valence-corrected chi connectivity index (χ2v) is 17.8. The van der Waals surface area contributed by atoms with Gasteiger partial charge >= 0.3 is 0 Å². The van der Waals surface area contributed by atoms with Gasteiger partial charge in [-0.15, -0.1) is 0 Å². The fraction of sp³-hybridized carbons (Fsp3) is 0.333. The second kappa shape index (κ2) is 26.6. The van der Waals surface area contributed by atoms with Crippen LogP contribution in [0.15, 0.2) is 130 Å². The van der Waals surface area contributed by atoms with Crippen molar-refractivity contribution >= 4 is 93.2 Å². The van der Waals surface area contributed by atoms with Gasteiger partial charge in [0.15, 0.2) is 0 Å². The molecule has 5 aromatic rings. The summed E-state index contributed by atoms with van der Waals surface area (Å²) in [6.07, 6.45) is 8.66. The Morgan fingerprint density at radius 1 is 0.757 bits per heavy atom. The number of nitrogens with two attached hydrogens (primary N) is 4. The third kappa shape index (κ3) is 17.0. The maximum absolute atomic E-state index is 11.6. The SMILES string of the molecule is CC(=O)N1CCN(c2ccc(OC[C@H]3CO[C@](Cn4ccnc4)(c4ccc(Cl)cc4Cl)O3)cc2)CC1.NC(=NCCCCCCN=C(N)N=C(N)Nc1ccc(Cl)cc1)N=C(N)Nc1ccc(Cl)cc1. The maximum atomic E-state index is 11.6. The zero-order valence-electron chi connectivity index (χ0n) is 38.7. The molecule has 2 atom stereocenters. The predicted octanol–water partition coefficient (Wildman–Crippen LogP) is 7.54. The molecule has 70 heavy (non-hydrogen) atoms. The molecule has 2 fully saturated rings. The number of aliphatic imine (C=N–C) groups is 4. The normalized spacial score (nSPS) is 17.8. The summed E-state index contributed by atoms with van der Waals surface area (Å²) in [6.45, 7) is 6.93. The molecule has 4 aromatic carbocycles. The van der Waals surface area contributed by atoms with E-state index in [1.807, 2.05) is 46.0 Å². The van der Waals surface area contributed by atoms with E-state index in [1.165, 1.54) is 0 Å². The molecular weight excluding hydrogens is 978 g/mol. The molecule has 0 saturated carbocycles. The molecule has 2 saturated heterocycles. The Balaban J connectivity index is 0.000000230. The highest BCUT2D eigenvalue weighted by Crippen LogP contribution is 2.40. The van der Waals surface area contributed by atoms with Crippen LogP contribution in [-0.2, 0) is 26.6 Å². The van der Waals surface area contributed by atoms with Crippen LogP contribution >= 0.6 is 46.4 Å². The molecule has 0 bridgehead atoms. The molecule has 1 amide bonds. The van der Waals surface area contributed by atoms with Crippen LogP contribution in [-0.4, -0.2) is 103 Å². The van der Waals surface area contributed by atoms with Crippen molar-refractivity contribution in [1.29, 1.82) is 0 Å². The summed E-state index contributed by atoms with van der Waals surface area (Å²) in [5.41, 5.74) is 26.6. The average Bonchev–Trinajstić information content (AvgIpc) is 4.01. The highest BCUT2D eigenvalue weighted by molar-refractivity contribution is 6.35. The molecule has 3 heterocycles. The Kier molecular flexibility index (Phi) is 20.2. The molecule has 22 heteroatoms. The van der Waals surface area contributed by atoms with E-state index in [4.69, 9.17) is 83.5 Å². The minimum absolute atomic E-state index is 0.124. The number of guanidine groups is 4. The topological polar surface area (TPSA) is 247 Å². The molecule has 2 aliphatic rings. The molecule has 10 N–H and O–H groups in total. The number of unbranched alkanes of at least 4 members (excludes halogenated alkanes) is 3. The van der Waals surface area contributed by atoms with E-state index in [2.05, 4.69) is 40.5 Å². The lowest BCUT2D eigenvalue weighted by Gasteiger charge is -2.35. The van der Waals surface area contributed by atoms with Gasteiger partial charge in [-0.2, -0.15) is 9.98 Å². The second-order valence-electron chi connectivity index (χ2n) is 16.1. The molecule has 372 valence electrons. The van der Waals surface area contributed by atoms with Gasteiger partial charge in [0.2, 0.25) is 35.5 Å². The van der Waals surface area contributed by atoms with Gasteiger partial charge in [0.05, 0.1) is 24.5 Å². The number of nitrogens with zero attached hydrogens (tertiary/aromatic N) is 8. The largest absolute Gasteiger partial charge is 0.491 e. The first-order valence-electron chi connectivity index (χ1n) is 22.5. The van der Waals surface area contributed by atoms with Crippen LogP contribution in [0.5, 0.6) is 5.75 Å². The summed E-state index contributed by atoms with van der Waals surface area (Å²) in [7, 11) is 0. The van der Waals surface area contributed by atoms with Crippen molar-refractivity contribution in [3.8, 4) is 5.75 Å². The van der Waals surface area contributed by atoms with Crippen molar-refractivity contribution in [3.63, 3.8) is 0 Å². The zero-order valence-corrected chi connectivity index (χ0v) is 41.7. The fourth-order valence-corrected chi connectivity index (χ4v) is 8.10. The molecular formula is C48H58Cl4N14O4. The van der Waals surface area contributed by atoms with Crippen molar-refractivity contribution in [2.45, 2.75) is 51.0 Å². The Bertz CT molecular complexity index is 2470. The lowest BCUT2D eigenvalue weighted by atomic mass is 10.1. The third-order valence-corrected chi connectivity index (χ3v) is 11.9. The number of piperazine rings is 1. The van der Waals surface area contributed by atoms with Crippen LogP contribution in [0.2, 0.25) is 20.1 Å². The van der Waals surface area contributed by atoms with Gasteiger partial charge < -0.3 is 62.1 Å². The van der Waals surface area contributed by atoms with E-state index in [0.29, 0.717) is 58.5 Å². The first-order valence-corrected chi connectivity index (χ1v) is 24.0. The van der Waals surface area contributed by atoms with Crippen LogP contribution in [0.4, 0.5) is 17.1 Å². The lowest BCUT2D eigenvalue weighted by Crippen LogP contribution is -2.48.